The molecule has 0 spiro atoms. The molecule has 5 nitrogen and oxygen atoms in total. The van der Waals surface area contributed by atoms with E-state index >= 15 is 0 Å². The minimum Gasteiger partial charge on any atom is -0.479 e. The highest BCUT2D eigenvalue weighted by molar-refractivity contribution is 6.35. The monoisotopic (exact) mass is 373 g/mol. The fourth-order valence-corrected chi connectivity index (χ4v) is 3.40. The van der Waals surface area contributed by atoms with Gasteiger partial charge in [-0.3, -0.25) is 4.90 Å². The number of aliphatic carboxylic acids is 1. The van der Waals surface area contributed by atoms with Gasteiger partial charge < -0.3 is 9.84 Å². The largest absolute Gasteiger partial charge is 0.479 e. The molecule has 2 rings (SSSR count). The molecule has 1 saturated heterocycles. The Morgan fingerprint density at radius 1 is 1.33 bits per heavy atom. The summed E-state index contributed by atoms with van der Waals surface area (Å²) in [4.78, 5) is 25.9. The van der Waals surface area contributed by atoms with Crippen molar-refractivity contribution >= 4 is 35.3 Å². The average molecular weight is 374 g/mol. The van der Waals surface area contributed by atoms with Crippen LogP contribution in [0, 0.1) is 0 Å². The molecule has 1 aromatic carbocycles. The molecule has 24 heavy (non-hydrogen) atoms. The molecule has 0 bridgehead atoms. The molecule has 1 unspecified atom stereocenters. The van der Waals surface area contributed by atoms with E-state index in [-0.39, 0.29) is 6.42 Å². The fraction of sp³-hybridized carbons (Fsp3) is 0.529. The summed E-state index contributed by atoms with van der Waals surface area (Å²) < 4.78 is 5.38. The van der Waals surface area contributed by atoms with Gasteiger partial charge in [0.2, 0.25) is 0 Å². The normalized spacial score (nSPS) is 21.0. The standard InChI is InChI=1S/C17H21Cl2NO4/c1-16(2,3)24-15(23)20-8-4-7-17(20,14(21)22)10-11-5-6-12(18)9-13(11)19/h5-6,9H,4,7-8,10H2,1-3H3,(H,21,22). The van der Waals surface area contributed by atoms with Crippen LogP contribution in [-0.4, -0.2) is 39.8 Å². The summed E-state index contributed by atoms with van der Waals surface area (Å²) >= 11 is 12.1. The third-order valence-electron chi connectivity index (χ3n) is 4.00. The summed E-state index contributed by atoms with van der Waals surface area (Å²) in [5.74, 6) is -1.06. The quantitative estimate of drug-likeness (QED) is 0.852. The van der Waals surface area contributed by atoms with Gasteiger partial charge in [-0.15, -0.1) is 0 Å². The Bertz CT molecular complexity index is 656. The minimum atomic E-state index is -1.36. The number of carbonyl (C=O) groups excluding carboxylic acids is 1. The number of likely N-dealkylation sites (tertiary alicyclic amines) is 1. The van der Waals surface area contributed by atoms with Crippen LogP contribution >= 0.6 is 23.2 Å². The summed E-state index contributed by atoms with van der Waals surface area (Å²) in [5.41, 5.74) is -1.42. The Labute approximate surface area is 151 Å². The number of hydrogen-bond donors (Lipinski definition) is 1. The lowest BCUT2D eigenvalue weighted by atomic mass is 9.88. The number of benzene rings is 1. The molecule has 1 fully saturated rings. The number of halogens is 2. The predicted molar refractivity (Wildman–Crippen MR) is 92.7 cm³/mol. The van der Waals surface area contributed by atoms with Gasteiger partial charge in [0.25, 0.3) is 0 Å². The number of carboxylic acids is 1. The van der Waals surface area contributed by atoms with E-state index in [0.29, 0.717) is 35.0 Å². The fourth-order valence-electron chi connectivity index (χ4n) is 2.92. The van der Waals surface area contributed by atoms with E-state index in [2.05, 4.69) is 0 Å². The number of amides is 1. The van der Waals surface area contributed by atoms with Gasteiger partial charge in [0.15, 0.2) is 0 Å². The maximum Gasteiger partial charge on any atom is 0.411 e. The highest BCUT2D eigenvalue weighted by Crippen LogP contribution is 2.36. The van der Waals surface area contributed by atoms with Crippen LogP contribution in [0.25, 0.3) is 0 Å². The smallest absolute Gasteiger partial charge is 0.411 e. The van der Waals surface area contributed by atoms with Crippen LogP contribution in [0.4, 0.5) is 4.79 Å². The lowest BCUT2D eigenvalue weighted by molar-refractivity contribution is -0.149. The highest BCUT2D eigenvalue weighted by atomic mass is 35.5. The zero-order valence-electron chi connectivity index (χ0n) is 13.9. The van der Waals surface area contributed by atoms with Gasteiger partial charge in [0, 0.05) is 23.0 Å². The minimum absolute atomic E-state index is 0.109. The first-order valence-electron chi connectivity index (χ1n) is 7.73. The van der Waals surface area contributed by atoms with Crippen molar-refractivity contribution in [3.8, 4) is 0 Å². The number of carboxylic acid groups (broad SMARTS) is 1. The van der Waals surface area contributed by atoms with E-state index in [1.165, 1.54) is 4.90 Å². The van der Waals surface area contributed by atoms with Crippen molar-refractivity contribution in [2.24, 2.45) is 0 Å². The Hall–Kier alpha value is -1.46. The molecular weight excluding hydrogens is 353 g/mol. The highest BCUT2D eigenvalue weighted by Gasteiger charge is 2.51. The van der Waals surface area contributed by atoms with Crippen LogP contribution in [-0.2, 0) is 16.0 Å². The molecular formula is C17H21Cl2NO4. The third kappa shape index (κ3) is 3.95. The summed E-state index contributed by atoms with van der Waals surface area (Å²) in [5, 5.41) is 10.7. The van der Waals surface area contributed by atoms with Crippen LogP contribution in [0.1, 0.15) is 39.2 Å². The lowest BCUT2D eigenvalue weighted by Gasteiger charge is -2.36. The van der Waals surface area contributed by atoms with Gasteiger partial charge >= 0.3 is 12.1 Å². The van der Waals surface area contributed by atoms with E-state index in [0.717, 1.165) is 0 Å². The summed E-state index contributed by atoms with van der Waals surface area (Å²) in [6.07, 6.45) is 0.432. The van der Waals surface area contributed by atoms with Crippen molar-refractivity contribution in [1.82, 2.24) is 4.90 Å². The van der Waals surface area contributed by atoms with Gasteiger partial charge in [-0.2, -0.15) is 0 Å². The number of nitrogens with zero attached hydrogens (tertiary/aromatic N) is 1. The van der Waals surface area contributed by atoms with Crippen LogP contribution in [0.3, 0.4) is 0 Å². The van der Waals surface area contributed by atoms with Crippen molar-refractivity contribution in [2.45, 2.75) is 51.2 Å². The first-order valence-corrected chi connectivity index (χ1v) is 8.49. The first kappa shape index (κ1) is 18.9. The molecule has 0 aromatic heterocycles. The second-order valence-electron chi connectivity index (χ2n) is 6.98. The average Bonchev–Trinajstić information content (AvgIpc) is 2.85. The van der Waals surface area contributed by atoms with Gasteiger partial charge in [-0.25, -0.2) is 9.59 Å². The number of hydrogen-bond acceptors (Lipinski definition) is 3. The van der Waals surface area contributed by atoms with E-state index < -0.39 is 23.2 Å². The lowest BCUT2D eigenvalue weighted by Crippen LogP contribution is -2.55. The number of rotatable bonds is 3. The number of ether oxygens (including phenoxy) is 1. The predicted octanol–water partition coefficient (Wildman–Crippen LogP) is 4.39. The van der Waals surface area contributed by atoms with E-state index in [1.54, 1.807) is 39.0 Å². The van der Waals surface area contributed by atoms with Crippen LogP contribution in [0.2, 0.25) is 10.0 Å². The van der Waals surface area contributed by atoms with Crippen molar-refractivity contribution in [2.75, 3.05) is 6.54 Å². The van der Waals surface area contributed by atoms with Gasteiger partial charge in [-0.1, -0.05) is 29.3 Å². The first-order chi connectivity index (χ1) is 11.0. The van der Waals surface area contributed by atoms with E-state index in [9.17, 15) is 14.7 Å². The van der Waals surface area contributed by atoms with Crippen LogP contribution < -0.4 is 0 Å². The molecule has 0 saturated carbocycles. The molecule has 1 heterocycles. The third-order valence-corrected chi connectivity index (χ3v) is 4.59. The van der Waals surface area contributed by atoms with Crippen molar-refractivity contribution in [1.29, 1.82) is 0 Å². The van der Waals surface area contributed by atoms with Crippen LogP contribution in [0.15, 0.2) is 18.2 Å². The Morgan fingerprint density at radius 3 is 2.54 bits per heavy atom. The topological polar surface area (TPSA) is 66.8 Å². The van der Waals surface area contributed by atoms with E-state index in [1.807, 2.05) is 0 Å². The molecule has 1 aliphatic rings. The Balaban J connectivity index is 2.35. The molecule has 1 aliphatic heterocycles. The maximum absolute atomic E-state index is 12.5. The summed E-state index contributed by atoms with van der Waals surface area (Å²) in [7, 11) is 0. The second-order valence-corrected chi connectivity index (χ2v) is 7.83. The Kier molecular flexibility index (Phi) is 5.35. The molecule has 1 amide bonds. The van der Waals surface area contributed by atoms with Crippen LogP contribution in [0.5, 0.6) is 0 Å². The van der Waals surface area contributed by atoms with Crippen molar-refractivity contribution < 1.29 is 19.4 Å². The van der Waals surface area contributed by atoms with Crippen molar-refractivity contribution in [3.05, 3.63) is 33.8 Å². The molecule has 1 atom stereocenters. The number of carbonyl (C=O) groups is 2. The molecule has 0 radical (unpaired) electrons. The molecule has 0 aliphatic carbocycles. The zero-order valence-corrected chi connectivity index (χ0v) is 15.4. The van der Waals surface area contributed by atoms with Gasteiger partial charge in [-0.05, 0) is 51.3 Å². The second kappa shape index (κ2) is 6.81. The van der Waals surface area contributed by atoms with E-state index in [4.69, 9.17) is 27.9 Å². The van der Waals surface area contributed by atoms with Crippen molar-refractivity contribution in [3.63, 3.8) is 0 Å². The maximum atomic E-state index is 12.5. The molecule has 7 heteroatoms. The molecule has 1 N–H and O–H groups in total. The van der Waals surface area contributed by atoms with Gasteiger partial charge in [0.05, 0.1) is 0 Å². The van der Waals surface area contributed by atoms with Gasteiger partial charge in [0.1, 0.15) is 11.1 Å². The Morgan fingerprint density at radius 2 is 2.00 bits per heavy atom. The molecule has 132 valence electrons. The molecule has 1 aromatic rings. The SMILES string of the molecule is CC(C)(C)OC(=O)N1CCCC1(Cc1ccc(Cl)cc1Cl)C(=O)O. The summed E-state index contributed by atoms with van der Waals surface area (Å²) in [6.45, 7) is 5.59. The summed E-state index contributed by atoms with van der Waals surface area (Å²) in [6, 6.07) is 4.92. The zero-order chi connectivity index (χ0) is 18.1.